The van der Waals surface area contributed by atoms with E-state index in [1.165, 1.54) is 4.68 Å². The predicted molar refractivity (Wildman–Crippen MR) is 158 cm³/mol. The molecule has 1 aromatic heterocycles. The summed E-state index contributed by atoms with van der Waals surface area (Å²) in [5.74, 6) is 1.70. The molecule has 0 saturated heterocycles. The Morgan fingerprint density at radius 1 is 1.00 bits per heavy atom. The van der Waals surface area contributed by atoms with Gasteiger partial charge in [0.05, 0.1) is 28.7 Å². The summed E-state index contributed by atoms with van der Waals surface area (Å²) < 4.78 is 16.3. The van der Waals surface area contributed by atoms with Crippen LogP contribution in [0.4, 0.5) is 0 Å². The molecule has 10 heteroatoms. The third-order valence-corrected chi connectivity index (χ3v) is 8.50. The molecule has 4 rings (SSSR count). The molecule has 0 unspecified atom stereocenters. The molecule has 0 bridgehead atoms. The van der Waals surface area contributed by atoms with Gasteiger partial charge >= 0.3 is 0 Å². The summed E-state index contributed by atoms with van der Waals surface area (Å²) in [6.07, 6.45) is 3.06. The Labute approximate surface area is 242 Å². The summed E-state index contributed by atoms with van der Waals surface area (Å²) in [5.41, 5.74) is 2.15. The smallest absolute Gasteiger partial charge is 0.282 e. The van der Waals surface area contributed by atoms with Crippen LogP contribution in [0.3, 0.4) is 0 Å². The molecule has 0 aliphatic heterocycles. The number of rotatable bonds is 8. The summed E-state index contributed by atoms with van der Waals surface area (Å²) in [4.78, 5) is 18.0. The number of aryl methyl sites for hydroxylation is 1. The Bertz CT molecular complexity index is 1500. The van der Waals surface area contributed by atoms with Gasteiger partial charge < -0.3 is 9.47 Å². The fourth-order valence-corrected chi connectivity index (χ4v) is 5.10. The summed E-state index contributed by atoms with van der Waals surface area (Å²) >= 11 is 14.1. The Morgan fingerprint density at radius 2 is 1.72 bits per heavy atom. The average molecular weight is 743 g/mol. The highest BCUT2D eigenvalue weighted by atomic mass is 79.9. The minimum atomic E-state index is -0.224. The van der Waals surface area contributed by atoms with Crippen LogP contribution in [0.2, 0.25) is 0 Å². The van der Waals surface area contributed by atoms with Crippen LogP contribution in [0, 0.1) is 0 Å². The van der Waals surface area contributed by atoms with E-state index in [4.69, 9.17) is 9.47 Å². The van der Waals surface area contributed by atoms with Crippen molar-refractivity contribution in [3.05, 3.63) is 93.7 Å². The normalized spacial score (nSPS) is 11.4. The first kappa shape index (κ1) is 27.0. The number of hydrogen-bond donors (Lipinski definition) is 0. The molecule has 0 aliphatic rings. The SMILES string of the molecule is CCCc1nc2ccc(Br)cc2c(=O)n1N=Cc1cc(OC)c(OCc2ccc(Br)cc2)c(Br)c1Br. The van der Waals surface area contributed by atoms with Crippen LogP contribution in [0.15, 0.2) is 76.3 Å². The molecular weight excluding hydrogens is 722 g/mol. The van der Waals surface area contributed by atoms with Crippen molar-refractivity contribution >= 4 is 80.8 Å². The zero-order chi connectivity index (χ0) is 25.8. The van der Waals surface area contributed by atoms with Crippen molar-refractivity contribution in [2.45, 2.75) is 26.4 Å². The standard InChI is InChI=1S/C26H21Br4N3O3/c1-3-4-22-32-20-10-9-18(28)12-19(20)26(34)33(22)31-13-16-11-21(35-2)25(24(30)23(16)29)36-14-15-5-7-17(27)8-6-15/h5-13H,3-4,14H2,1-2H3. The van der Waals surface area contributed by atoms with E-state index in [2.05, 4.69) is 73.8 Å². The second-order valence-electron chi connectivity index (χ2n) is 7.84. The minimum absolute atomic E-state index is 0.224. The Kier molecular flexibility index (Phi) is 9.03. The van der Waals surface area contributed by atoms with Gasteiger partial charge in [-0.1, -0.05) is 50.9 Å². The van der Waals surface area contributed by atoms with Crippen molar-refractivity contribution in [3.63, 3.8) is 0 Å². The van der Waals surface area contributed by atoms with Crippen LogP contribution in [-0.2, 0) is 13.0 Å². The summed E-state index contributed by atoms with van der Waals surface area (Å²) in [6.45, 7) is 2.41. The molecule has 6 nitrogen and oxygen atoms in total. The number of benzene rings is 3. The van der Waals surface area contributed by atoms with E-state index in [0.29, 0.717) is 51.3 Å². The zero-order valence-corrected chi connectivity index (χ0v) is 25.7. The molecule has 0 spiro atoms. The molecule has 0 saturated carbocycles. The Hall–Kier alpha value is -2.01. The van der Waals surface area contributed by atoms with Gasteiger partial charge in [-0.05, 0) is 80.2 Å². The molecule has 1 heterocycles. The second-order valence-corrected chi connectivity index (χ2v) is 11.3. The van der Waals surface area contributed by atoms with Gasteiger partial charge in [0.1, 0.15) is 12.4 Å². The first-order valence-electron chi connectivity index (χ1n) is 11.0. The number of fused-ring (bicyclic) bond motifs is 1. The fraction of sp³-hybridized carbons (Fsp3) is 0.192. The number of ether oxygens (including phenoxy) is 2. The van der Waals surface area contributed by atoms with Gasteiger partial charge in [-0.25, -0.2) is 4.98 Å². The lowest BCUT2D eigenvalue weighted by molar-refractivity contribution is 0.282. The molecule has 0 aliphatic carbocycles. The lowest BCUT2D eigenvalue weighted by Crippen LogP contribution is -2.22. The molecule has 0 atom stereocenters. The van der Waals surface area contributed by atoms with Gasteiger partial charge in [-0.15, -0.1) is 0 Å². The monoisotopic (exact) mass is 739 g/mol. The molecular formula is C26H21Br4N3O3. The number of nitrogens with zero attached hydrogens (tertiary/aromatic N) is 3. The Balaban J connectivity index is 1.71. The molecule has 4 aromatic rings. The van der Waals surface area contributed by atoms with Crippen LogP contribution in [0.5, 0.6) is 11.5 Å². The minimum Gasteiger partial charge on any atom is -0.493 e. The second kappa shape index (κ2) is 12.0. The van der Waals surface area contributed by atoms with Crippen molar-refractivity contribution in [3.8, 4) is 11.5 Å². The quantitative estimate of drug-likeness (QED) is 0.173. The predicted octanol–water partition coefficient (Wildman–Crippen LogP) is 7.87. The topological polar surface area (TPSA) is 65.7 Å². The van der Waals surface area contributed by atoms with Crippen molar-refractivity contribution in [2.75, 3.05) is 7.11 Å². The first-order chi connectivity index (χ1) is 17.3. The highest BCUT2D eigenvalue weighted by Crippen LogP contribution is 2.42. The van der Waals surface area contributed by atoms with E-state index in [9.17, 15) is 4.79 Å². The maximum Gasteiger partial charge on any atom is 0.282 e. The number of halogens is 4. The molecule has 0 N–H and O–H groups in total. The third kappa shape index (κ3) is 5.93. The van der Waals surface area contributed by atoms with E-state index in [1.807, 2.05) is 49.4 Å². The van der Waals surface area contributed by atoms with E-state index >= 15 is 0 Å². The van der Waals surface area contributed by atoms with Gasteiger partial charge in [-0.2, -0.15) is 9.78 Å². The van der Waals surface area contributed by atoms with Gasteiger partial charge in [0.15, 0.2) is 11.5 Å². The van der Waals surface area contributed by atoms with Gasteiger partial charge in [-0.3, -0.25) is 4.79 Å². The highest BCUT2D eigenvalue weighted by molar-refractivity contribution is 9.13. The largest absolute Gasteiger partial charge is 0.493 e. The first-order valence-corrected chi connectivity index (χ1v) is 14.2. The molecule has 0 fully saturated rings. The maximum atomic E-state index is 13.3. The van der Waals surface area contributed by atoms with E-state index in [0.717, 1.165) is 25.4 Å². The summed E-state index contributed by atoms with van der Waals surface area (Å²) in [6, 6.07) is 15.2. The highest BCUT2D eigenvalue weighted by Gasteiger charge is 2.17. The maximum absolute atomic E-state index is 13.3. The van der Waals surface area contributed by atoms with Gasteiger partial charge in [0.2, 0.25) is 0 Å². The molecule has 3 aromatic carbocycles. The molecule has 0 radical (unpaired) electrons. The van der Waals surface area contributed by atoms with Crippen LogP contribution < -0.4 is 15.0 Å². The number of hydrogen-bond acceptors (Lipinski definition) is 5. The fourth-order valence-electron chi connectivity index (χ4n) is 3.54. The lowest BCUT2D eigenvalue weighted by Gasteiger charge is -2.15. The van der Waals surface area contributed by atoms with Crippen LogP contribution in [-0.4, -0.2) is 23.0 Å². The van der Waals surface area contributed by atoms with E-state index < -0.39 is 0 Å². The zero-order valence-electron chi connectivity index (χ0n) is 19.4. The van der Waals surface area contributed by atoms with Crippen molar-refractivity contribution in [1.82, 2.24) is 9.66 Å². The number of aromatic nitrogens is 2. The van der Waals surface area contributed by atoms with Crippen molar-refractivity contribution < 1.29 is 9.47 Å². The molecule has 36 heavy (non-hydrogen) atoms. The lowest BCUT2D eigenvalue weighted by atomic mass is 10.2. The number of methoxy groups -OCH3 is 1. The van der Waals surface area contributed by atoms with E-state index in [-0.39, 0.29) is 5.56 Å². The van der Waals surface area contributed by atoms with Crippen molar-refractivity contribution in [2.24, 2.45) is 5.10 Å². The summed E-state index contributed by atoms with van der Waals surface area (Å²) in [5, 5.41) is 5.03. The third-order valence-electron chi connectivity index (χ3n) is 5.33. The van der Waals surface area contributed by atoms with Gasteiger partial charge in [0.25, 0.3) is 5.56 Å². The van der Waals surface area contributed by atoms with Crippen LogP contribution in [0.1, 0.15) is 30.3 Å². The summed E-state index contributed by atoms with van der Waals surface area (Å²) in [7, 11) is 1.58. The molecule has 0 amide bonds. The van der Waals surface area contributed by atoms with Crippen molar-refractivity contribution in [1.29, 1.82) is 0 Å². The van der Waals surface area contributed by atoms with Crippen LogP contribution >= 0.6 is 63.7 Å². The van der Waals surface area contributed by atoms with E-state index in [1.54, 1.807) is 19.4 Å². The van der Waals surface area contributed by atoms with Crippen LogP contribution in [0.25, 0.3) is 10.9 Å². The average Bonchev–Trinajstić information content (AvgIpc) is 2.87. The Morgan fingerprint density at radius 3 is 2.42 bits per heavy atom. The molecule has 186 valence electrons. The van der Waals surface area contributed by atoms with Gasteiger partial charge in [0, 0.05) is 25.4 Å².